The highest BCUT2D eigenvalue weighted by atomic mass is 16.5. The Morgan fingerprint density at radius 3 is 1.93 bits per heavy atom. The van der Waals surface area contributed by atoms with Crippen molar-refractivity contribution < 1.29 is 29.3 Å². The lowest BCUT2D eigenvalue weighted by molar-refractivity contribution is -0.159. The molecule has 29 heavy (non-hydrogen) atoms. The Morgan fingerprint density at radius 1 is 0.828 bits per heavy atom. The van der Waals surface area contributed by atoms with E-state index in [0.717, 1.165) is 37.6 Å². The van der Waals surface area contributed by atoms with Gasteiger partial charge in [-0.3, -0.25) is 0 Å². The summed E-state index contributed by atoms with van der Waals surface area (Å²) < 4.78 is 11.5. The van der Waals surface area contributed by atoms with E-state index >= 15 is 0 Å². The first-order chi connectivity index (χ1) is 14.0. The largest absolute Gasteiger partial charge is 0.494 e. The molecule has 0 amide bonds. The van der Waals surface area contributed by atoms with Gasteiger partial charge in [0.15, 0.2) is 0 Å². The molecule has 0 saturated heterocycles. The third-order valence-corrected chi connectivity index (χ3v) is 3.73. The van der Waals surface area contributed by atoms with E-state index in [-0.39, 0.29) is 0 Å². The summed E-state index contributed by atoms with van der Waals surface area (Å²) in [5.41, 5.74) is 1.17. The van der Waals surface area contributed by atoms with E-state index in [1.54, 1.807) is 0 Å². The number of unbranched alkanes of at least 4 members (excludes halogenated alkanes) is 1. The lowest BCUT2D eigenvalue weighted by Crippen LogP contribution is -2.18. The van der Waals surface area contributed by atoms with Gasteiger partial charge in [0, 0.05) is 0 Å². The second-order valence-corrected chi connectivity index (χ2v) is 6.16. The first-order valence-electron chi connectivity index (χ1n) is 9.59. The van der Waals surface area contributed by atoms with Crippen LogP contribution in [-0.2, 0) is 16.2 Å². The fourth-order valence-electron chi connectivity index (χ4n) is 2.19. The summed E-state index contributed by atoms with van der Waals surface area (Å²) in [7, 11) is 0. The molecule has 0 spiro atoms. The maximum absolute atomic E-state index is 9.10. The van der Waals surface area contributed by atoms with Gasteiger partial charge in [-0.05, 0) is 55.8 Å². The number of hydrogen-bond donors (Lipinski definition) is 3. The Morgan fingerprint density at radius 2 is 1.38 bits per heavy atom. The molecule has 2 aromatic rings. The van der Waals surface area contributed by atoms with Crippen LogP contribution in [0.1, 0.15) is 31.7 Å². The predicted molar refractivity (Wildman–Crippen MR) is 110 cm³/mol. The fourth-order valence-corrected chi connectivity index (χ4v) is 2.19. The Kier molecular flexibility index (Phi) is 12.3. The highest BCUT2D eigenvalue weighted by Gasteiger charge is 2.04. The van der Waals surface area contributed by atoms with Gasteiger partial charge < -0.3 is 25.0 Å². The number of ether oxygens (including phenoxy) is 2. The van der Waals surface area contributed by atoms with Crippen molar-refractivity contribution in [2.24, 2.45) is 0 Å². The van der Waals surface area contributed by atoms with Gasteiger partial charge in [-0.1, -0.05) is 43.7 Å². The van der Waals surface area contributed by atoms with Crippen LogP contribution in [0.25, 0.3) is 0 Å². The molecule has 0 aromatic heterocycles. The van der Waals surface area contributed by atoms with Gasteiger partial charge in [0.2, 0.25) is 0 Å². The SMILES string of the molecule is CCCCNCCCOc1ccc(OCc2ccccc2)cc1.O=C(O)C(=O)O. The molecule has 3 N–H and O–H groups in total. The summed E-state index contributed by atoms with van der Waals surface area (Å²) in [5, 5.41) is 18.2. The molecule has 0 aliphatic rings. The van der Waals surface area contributed by atoms with Crippen LogP contribution in [0.15, 0.2) is 54.6 Å². The van der Waals surface area contributed by atoms with E-state index in [2.05, 4.69) is 24.4 Å². The smallest absolute Gasteiger partial charge is 0.414 e. The Labute approximate surface area is 171 Å². The van der Waals surface area contributed by atoms with Crippen LogP contribution in [0.2, 0.25) is 0 Å². The van der Waals surface area contributed by atoms with Crippen LogP contribution >= 0.6 is 0 Å². The predicted octanol–water partition coefficient (Wildman–Crippen LogP) is 3.58. The highest BCUT2D eigenvalue weighted by Crippen LogP contribution is 2.18. The standard InChI is InChI=1S/C20H27NO2.C2H2O4/c1-2-3-14-21-15-7-16-22-19-10-12-20(13-11-19)23-17-18-8-5-4-6-9-18;3-1(4)2(5)6/h4-6,8-13,21H,2-3,7,14-17H2,1H3;(H,3,4)(H,5,6). The van der Waals surface area contributed by atoms with Gasteiger partial charge in [-0.25, -0.2) is 9.59 Å². The van der Waals surface area contributed by atoms with Gasteiger partial charge in [-0.15, -0.1) is 0 Å². The molecule has 2 rings (SSSR count). The third kappa shape index (κ3) is 12.1. The number of benzene rings is 2. The first-order valence-corrected chi connectivity index (χ1v) is 9.59. The molecule has 7 nitrogen and oxygen atoms in total. The summed E-state index contributed by atoms with van der Waals surface area (Å²) in [4.78, 5) is 18.2. The molecule has 0 aliphatic carbocycles. The minimum absolute atomic E-state index is 0.588. The summed E-state index contributed by atoms with van der Waals surface area (Å²) in [6.45, 7) is 5.65. The lowest BCUT2D eigenvalue weighted by Gasteiger charge is -2.09. The van der Waals surface area contributed by atoms with E-state index in [1.807, 2.05) is 42.5 Å². The van der Waals surface area contributed by atoms with Gasteiger partial charge in [-0.2, -0.15) is 0 Å². The zero-order chi connectivity index (χ0) is 21.3. The number of carbonyl (C=O) groups is 2. The fraction of sp³-hybridized carbons (Fsp3) is 0.364. The number of carboxylic acid groups (broad SMARTS) is 2. The van der Waals surface area contributed by atoms with Crippen molar-refractivity contribution >= 4 is 11.9 Å². The van der Waals surface area contributed by atoms with Crippen molar-refractivity contribution in [1.29, 1.82) is 0 Å². The maximum atomic E-state index is 9.10. The zero-order valence-electron chi connectivity index (χ0n) is 16.7. The normalized spacial score (nSPS) is 9.83. The lowest BCUT2D eigenvalue weighted by atomic mass is 10.2. The Bertz CT molecular complexity index is 691. The van der Waals surface area contributed by atoms with E-state index in [0.29, 0.717) is 6.61 Å². The number of carboxylic acids is 2. The summed E-state index contributed by atoms with van der Waals surface area (Å²) in [5.74, 6) is -1.89. The molecule has 0 unspecified atom stereocenters. The average molecular weight is 403 g/mol. The number of nitrogens with one attached hydrogen (secondary N) is 1. The van der Waals surface area contributed by atoms with Gasteiger partial charge in [0.05, 0.1) is 6.61 Å². The number of rotatable bonds is 11. The summed E-state index contributed by atoms with van der Waals surface area (Å²) >= 11 is 0. The van der Waals surface area contributed by atoms with Crippen LogP contribution in [-0.4, -0.2) is 41.8 Å². The molecule has 0 heterocycles. The van der Waals surface area contributed by atoms with Gasteiger partial charge >= 0.3 is 11.9 Å². The monoisotopic (exact) mass is 403 g/mol. The van der Waals surface area contributed by atoms with E-state index in [9.17, 15) is 0 Å². The van der Waals surface area contributed by atoms with Crippen LogP contribution in [0.4, 0.5) is 0 Å². The van der Waals surface area contributed by atoms with E-state index in [4.69, 9.17) is 29.3 Å². The molecule has 0 atom stereocenters. The van der Waals surface area contributed by atoms with Crippen molar-refractivity contribution in [3.63, 3.8) is 0 Å². The molecule has 7 heteroatoms. The van der Waals surface area contributed by atoms with Crippen molar-refractivity contribution in [2.75, 3.05) is 19.7 Å². The van der Waals surface area contributed by atoms with Crippen LogP contribution in [0.3, 0.4) is 0 Å². The molecule has 2 aromatic carbocycles. The van der Waals surface area contributed by atoms with Crippen molar-refractivity contribution in [1.82, 2.24) is 5.32 Å². The molecule has 0 saturated carbocycles. The minimum Gasteiger partial charge on any atom is -0.494 e. The van der Waals surface area contributed by atoms with E-state index < -0.39 is 11.9 Å². The topological polar surface area (TPSA) is 105 Å². The van der Waals surface area contributed by atoms with Crippen LogP contribution < -0.4 is 14.8 Å². The van der Waals surface area contributed by atoms with Crippen LogP contribution in [0.5, 0.6) is 11.5 Å². The minimum atomic E-state index is -1.82. The highest BCUT2D eigenvalue weighted by molar-refractivity contribution is 6.27. The van der Waals surface area contributed by atoms with Crippen molar-refractivity contribution in [3.05, 3.63) is 60.2 Å². The summed E-state index contributed by atoms with van der Waals surface area (Å²) in [6.07, 6.45) is 3.50. The second kappa shape index (κ2) is 14.9. The number of hydrogen-bond acceptors (Lipinski definition) is 5. The molecular weight excluding hydrogens is 374 g/mol. The molecule has 0 radical (unpaired) electrons. The molecule has 0 aliphatic heterocycles. The first kappa shape index (κ1) is 24.0. The molecule has 0 bridgehead atoms. The molecule has 158 valence electrons. The Balaban J connectivity index is 0.000000612. The van der Waals surface area contributed by atoms with Gasteiger partial charge in [0.25, 0.3) is 0 Å². The van der Waals surface area contributed by atoms with Crippen molar-refractivity contribution in [2.45, 2.75) is 32.8 Å². The second-order valence-electron chi connectivity index (χ2n) is 6.16. The van der Waals surface area contributed by atoms with Crippen LogP contribution in [0, 0.1) is 0 Å². The molecule has 0 fully saturated rings. The maximum Gasteiger partial charge on any atom is 0.414 e. The Hall–Kier alpha value is -3.06. The van der Waals surface area contributed by atoms with Gasteiger partial charge in [0.1, 0.15) is 18.1 Å². The zero-order valence-corrected chi connectivity index (χ0v) is 16.7. The summed E-state index contributed by atoms with van der Waals surface area (Å²) in [6, 6.07) is 18.0. The third-order valence-electron chi connectivity index (χ3n) is 3.73. The quantitative estimate of drug-likeness (QED) is 0.389. The average Bonchev–Trinajstić information content (AvgIpc) is 2.73. The number of aliphatic carboxylic acids is 2. The van der Waals surface area contributed by atoms with Crippen molar-refractivity contribution in [3.8, 4) is 11.5 Å². The molecular formula is C22H29NO6. The van der Waals surface area contributed by atoms with E-state index in [1.165, 1.54) is 18.4 Å².